The van der Waals surface area contributed by atoms with Gasteiger partial charge in [-0.2, -0.15) is 13.2 Å². The summed E-state index contributed by atoms with van der Waals surface area (Å²) in [6, 6.07) is 6.33. The lowest BCUT2D eigenvalue weighted by Crippen LogP contribution is -2.48. The smallest absolute Gasteiger partial charge is 0.404 e. The number of hydrogen-bond acceptors (Lipinski definition) is 3. The van der Waals surface area contributed by atoms with Crippen molar-refractivity contribution in [1.82, 2.24) is 9.47 Å². The number of nitrogens with zero attached hydrogens (tertiary/aromatic N) is 2. The van der Waals surface area contributed by atoms with Crippen LogP contribution >= 0.6 is 0 Å². The molecule has 28 heavy (non-hydrogen) atoms. The molecule has 0 amide bonds. The van der Waals surface area contributed by atoms with E-state index in [1.54, 1.807) is 24.0 Å². The topological polar surface area (TPSA) is 34.5 Å². The molecule has 4 rings (SSSR count). The van der Waals surface area contributed by atoms with Crippen LogP contribution in [0.15, 0.2) is 24.3 Å². The summed E-state index contributed by atoms with van der Waals surface area (Å²) in [6.45, 7) is 2.81. The van der Waals surface area contributed by atoms with E-state index in [4.69, 9.17) is 4.74 Å². The lowest BCUT2D eigenvalue weighted by atomic mass is 10.0. The SMILES string of the molecule is CCOC(=O)c1ccc2c(c1)cc(CN1CCCCC1C(F)(F)F)n2C1CC1. The molecule has 1 aliphatic heterocycles. The second-order valence-corrected chi connectivity index (χ2v) is 7.75. The molecule has 1 saturated heterocycles. The molecule has 0 bridgehead atoms. The first-order valence-electron chi connectivity index (χ1n) is 10.00. The van der Waals surface area contributed by atoms with Crippen LogP contribution in [-0.2, 0) is 11.3 Å². The second kappa shape index (κ2) is 7.43. The zero-order chi connectivity index (χ0) is 19.9. The van der Waals surface area contributed by atoms with Gasteiger partial charge in [-0.1, -0.05) is 6.42 Å². The van der Waals surface area contributed by atoms with Gasteiger partial charge in [0, 0.05) is 29.2 Å². The summed E-state index contributed by atoms with van der Waals surface area (Å²) in [5.74, 6) is -0.377. The molecule has 2 fully saturated rings. The second-order valence-electron chi connectivity index (χ2n) is 7.75. The molecule has 1 aliphatic carbocycles. The average Bonchev–Trinajstić information content (AvgIpc) is 3.42. The number of rotatable bonds is 5. The van der Waals surface area contributed by atoms with Crippen molar-refractivity contribution in [1.29, 1.82) is 0 Å². The summed E-state index contributed by atoms with van der Waals surface area (Å²) in [5, 5.41) is 0.882. The molecule has 0 radical (unpaired) electrons. The number of likely N-dealkylation sites (tertiary alicyclic amines) is 1. The minimum atomic E-state index is -4.20. The first kappa shape index (κ1) is 19.3. The van der Waals surface area contributed by atoms with Gasteiger partial charge in [-0.15, -0.1) is 0 Å². The van der Waals surface area contributed by atoms with E-state index in [-0.39, 0.29) is 18.9 Å². The minimum Gasteiger partial charge on any atom is -0.462 e. The van der Waals surface area contributed by atoms with Crippen molar-refractivity contribution in [2.75, 3.05) is 13.2 Å². The number of carbonyl (C=O) groups is 1. The van der Waals surface area contributed by atoms with Gasteiger partial charge in [0.15, 0.2) is 0 Å². The molecule has 1 unspecified atom stereocenters. The number of piperidine rings is 1. The van der Waals surface area contributed by atoms with Crippen LogP contribution in [0.3, 0.4) is 0 Å². The maximum absolute atomic E-state index is 13.5. The predicted molar refractivity (Wildman–Crippen MR) is 100 cm³/mol. The van der Waals surface area contributed by atoms with Gasteiger partial charge >= 0.3 is 12.1 Å². The number of carbonyl (C=O) groups excluding carboxylic acids is 1. The molecule has 4 nitrogen and oxygen atoms in total. The molecular formula is C21H25F3N2O2. The monoisotopic (exact) mass is 394 g/mol. The van der Waals surface area contributed by atoms with Crippen LogP contribution in [0.2, 0.25) is 0 Å². The molecule has 1 aromatic carbocycles. The Kier molecular flexibility index (Phi) is 5.12. The van der Waals surface area contributed by atoms with E-state index in [2.05, 4.69) is 4.57 Å². The highest BCUT2D eigenvalue weighted by Gasteiger charge is 2.44. The third kappa shape index (κ3) is 3.77. The molecule has 152 valence electrons. The van der Waals surface area contributed by atoms with E-state index in [0.717, 1.165) is 35.9 Å². The standard InChI is InChI=1S/C21H25F3N2O2/c1-2-28-20(27)14-6-9-18-15(11-14)12-17(26(18)16-7-8-16)13-25-10-4-3-5-19(25)21(22,23)24/h6,9,11-12,16,19H,2-5,7-8,10,13H2,1H3. The zero-order valence-electron chi connectivity index (χ0n) is 16.0. The Balaban J connectivity index is 1.68. The van der Waals surface area contributed by atoms with E-state index in [1.807, 2.05) is 12.1 Å². The van der Waals surface area contributed by atoms with Crippen LogP contribution in [0, 0.1) is 0 Å². The van der Waals surface area contributed by atoms with Crippen LogP contribution < -0.4 is 0 Å². The van der Waals surface area contributed by atoms with E-state index in [9.17, 15) is 18.0 Å². The fourth-order valence-corrected chi connectivity index (χ4v) is 4.28. The van der Waals surface area contributed by atoms with E-state index < -0.39 is 12.2 Å². The Morgan fingerprint density at radius 1 is 1.18 bits per heavy atom. The largest absolute Gasteiger partial charge is 0.462 e. The fraction of sp³-hybridized carbons (Fsp3) is 0.571. The number of benzene rings is 1. The highest BCUT2D eigenvalue weighted by molar-refractivity contribution is 5.95. The maximum atomic E-state index is 13.5. The van der Waals surface area contributed by atoms with Crippen LogP contribution in [0.1, 0.15) is 61.1 Å². The summed E-state index contributed by atoms with van der Waals surface area (Å²) in [6.07, 6.45) is -0.537. The first-order valence-corrected chi connectivity index (χ1v) is 10.00. The Hall–Kier alpha value is -2.02. The van der Waals surface area contributed by atoms with Crippen LogP contribution in [0.25, 0.3) is 10.9 Å². The van der Waals surface area contributed by atoms with Gasteiger partial charge in [0.25, 0.3) is 0 Å². The Bertz CT molecular complexity index is 870. The molecule has 0 N–H and O–H groups in total. The number of hydrogen-bond donors (Lipinski definition) is 0. The Labute approximate surface area is 162 Å². The van der Waals surface area contributed by atoms with Crippen LogP contribution in [0.4, 0.5) is 13.2 Å². The average molecular weight is 394 g/mol. The molecular weight excluding hydrogens is 369 g/mol. The number of esters is 1. The van der Waals surface area contributed by atoms with Gasteiger partial charge in [-0.25, -0.2) is 4.79 Å². The van der Waals surface area contributed by atoms with Gasteiger partial charge in [0.05, 0.1) is 12.2 Å². The number of aromatic nitrogens is 1. The molecule has 1 aromatic heterocycles. The quantitative estimate of drug-likeness (QED) is 0.664. The maximum Gasteiger partial charge on any atom is 0.404 e. The number of ether oxygens (including phenoxy) is 1. The van der Waals surface area contributed by atoms with Gasteiger partial charge in [0.2, 0.25) is 0 Å². The molecule has 1 saturated carbocycles. The molecule has 1 atom stereocenters. The molecule has 2 aliphatic rings. The predicted octanol–water partition coefficient (Wildman–Crippen LogP) is 5.07. The lowest BCUT2D eigenvalue weighted by molar-refractivity contribution is -0.192. The normalized spacial score (nSPS) is 21.2. The van der Waals surface area contributed by atoms with E-state index in [1.165, 1.54) is 0 Å². The summed E-state index contributed by atoms with van der Waals surface area (Å²) in [4.78, 5) is 13.6. The number of halogens is 3. The van der Waals surface area contributed by atoms with Crippen molar-refractivity contribution in [3.63, 3.8) is 0 Å². The number of fused-ring (bicyclic) bond motifs is 1. The lowest BCUT2D eigenvalue weighted by Gasteiger charge is -2.36. The first-order chi connectivity index (χ1) is 13.4. The van der Waals surface area contributed by atoms with Gasteiger partial charge in [0.1, 0.15) is 6.04 Å². The van der Waals surface area contributed by atoms with Crippen molar-refractivity contribution in [2.24, 2.45) is 0 Å². The zero-order valence-corrected chi connectivity index (χ0v) is 16.0. The van der Waals surface area contributed by atoms with E-state index in [0.29, 0.717) is 31.2 Å². The summed E-state index contributed by atoms with van der Waals surface area (Å²) < 4.78 is 47.7. The van der Waals surface area contributed by atoms with Crippen molar-refractivity contribution in [3.05, 3.63) is 35.5 Å². The minimum absolute atomic E-state index is 0.167. The van der Waals surface area contributed by atoms with Crippen molar-refractivity contribution < 1.29 is 22.7 Å². The van der Waals surface area contributed by atoms with Gasteiger partial charge in [-0.3, -0.25) is 4.90 Å². The highest BCUT2D eigenvalue weighted by Crippen LogP contribution is 2.41. The van der Waals surface area contributed by atoms with Crippen molar-refractivity contribution in [2.45, 2.75) is 63.8 Å². The highest BCUT2D eigenvalue weighted by atomic mass is 19.4. The summed E-state index contributed by atoms with van der Waals surface area (Å²) in [5.41, 5.74) is 2.35. The third-order valence-corrected chi connectivity index (χ3v) is 5.70. The van der Waals surface area contributed by atoms with Crippen molar-refractivity contribution >= 4 is 16.9 Å². The number of alkyl halides is 3. The van der Waals surface area contributed by atoms with Gasteiger partial charge in [-0.05, 0) is 63.4 Å². The Morgan fingerprint density at radius 3 is 2.64 bits per heavy atom. The Morgan fingerprint density at radius 2 is 1.96 bits per heavy atom. The van der Waals surface area contributed by atoms with Crippen LogP contribution in [-0.4, -0.2) is 40.8 Å². The summed E-state index contributed by atoms with van der Waals surface area (Å²) in [7, 11) is 0. The molecule has 2 aromatic rings. The summed E-state index contributed by atoms with van der Waals surface area (Å²) >= 11 is 0. The van der Waals surface area contributed by atoms with Crippen molar-refractivity contribution in [3.8, 4) is 0 Å². The fourth-order valence-electron chi connectivity index (χ4n) is 4.28. The molecule has 2 heterocycles. The van der Waals surface area contributed by atoms with Crippen LogP contribution in [0.5, 0.6) is 0 Å². The molecule has 7 heteroatoms. The molecule has 0 spiro atoms. The third-order valence-electron chi connectivity index (χ3n) is 5.70. The van der Waals surface area contributed by atoms with Gasteiger partial charge < -0.3 is 9.30 Å². The van der Waals surface area contributed by atoms with E-state index >= 15 is 0 Å².